The Bertz CT molecular complexity index is 842. The fourth-order valence-corrected chi connectivity index (χ4v) is 2.59. The Kier molecular flexibility index (Phi) is 4.75. The van der Waals surface area contributed by atoms with Gasteiger partial charge in [-0.25, -0.2) is 0 Å². The second kappa shape index (κ2) is 6.98. The van der Waals surface area contributed by atoms with Crippen molar-refractivity contribution >= 4 is 11.9 Å². The molecular weight excluding hydrogens is 312 g/mol. The number of rotatable bonds is 5. The molecule has 0 bridgehead atoms. The average Bonchev–Trinajstić information content (AvgIpc) is 2.89. The third kappa shape index (κ3) is 3.82. The molecule has 0 fully saturated rings. The minimum Gasteiger partial charge on any atom is -0.489 e. The Morgan fingerprint density at radius 2 is 1.92 bits per heavy atom. The summed E-state index contributed by atoms with van der Waals surface area (Å²) >= 11 is 0. The predicted molar refractivity (Wildman–Crippen MR) is 100 cm³/mol. The van der Waals surface area contributed by atoms with Gasteiger partial charge in [-0.15, -0.1) is 0 Å². The van der Waals surface area contributed by atoms with Gasteiger partial charge in [-0.1, -0.05) is 44.7 Å². The fourth-order valence-electron chi connectivity index (χ4n) is 2.59. The molecule has 0 unspecified atom stereocenters. The largest absolute Gasteiger partial charge is 0.489 e. The summed E-state index contributed by atoms with van der Waals surface area (Å²) in [5.74, 6) is 1.91. The van der Waals surface area contributed by atoms with Crippen molar-refractivity contribution in [3.05, 3.63) is 77.1 Å². The molecule has 1 aliphatic rings. The maximum Gasteiger partial charge on any atom is 0.231 e. The Hall–Kier alpha value is -2.81. The normalized spacial score (nSPS) is 14.6. The lowest BCUT2D eigenvalue weighted by atomic mass is 10.0. The van der Waals surface area contributed by atoms with Crippen LogP contribution >= 0.6 is 0 Å². The smallest absolute Gasteiger partial charge is 0.231 e. The van der Waals surface area contributed by atoms with Gasteiger partial charge in [-0.3, -0.25) is 4.79 Å². The number of ketones is 1. The van der Waals surface area contributed by atoms with E-state index in [4.69, 9.17) is 9.47 Å². The van der Waals surface area contributed by atoms with E-state index in [9.17, 15) is 4.79 Å². The average molecular weight is 334 g/mol. The molecule has 0 aliphatic carbocycles. The van der Waals surface area contributed by atoms with Gasteiger partial charge in [0, 0.05) is 6.07 Å². The van der Waals surface area contributed by atoms with E-state index in [1.165, 1.54) is 5.56 Å². The summed E-state index contributed by atoms with van der Waals surface area (Å²) in [6, 6.07) is 13.4. The Balaban J connectivity index is 1.80. The molecule has 3 heteroatoms. The van der Waals surface area contributed by atoms with Crippen LogP contribution < -0.4 is 9.47 Å². The first-order valence-corrected chi connectivity index (χ1v) is 8.39. The molecule has 0 amide bonds. The van der Waals surface area contributed by atoms with Gasteiger partial charge >= 0.3 is 0 Å². The standard InChI is InChI=1S/C22H22O3/c1-14(2)13-24-18-9-10-19-20(12-18)25-21(22(19)23)11-16-5-7-17(8-6-16)15(3)4/h5-12,15H,1,13H2,2-4H3/b21-11-. The minimum absolute atomic E-state index is 0.102. The summed E-state index contributed by atoms with van der Waals surface area (Å²) in [6.07, 6.45) is 1.78. The minimum atomic E-state index is -0.102. The molecule has 0 atom stereocenters. The summed E-state index contributed by atoms with van der Waals surface area (Å²) in [7, 11) is 0. The van der Waals surface area contributed by atoms with Gasteiger partial charge in [0.15, 0.2) is 5.76 Å². The number of carbonyl (C=O) groups is 1. The quantitative estimate of drug-likeness (QED) is 0.544. The van der Waals surface area contributed by atoms with Gasteiger partial charge < -0.3 is 9.47 Å². The number of Topliss-reactive ketones (excluding diaryl/α,β-unsaturated/α-hetero) is 1. The van der Waals surface area contributed by atoms with Crippen LogP contribution in [0.3, 0.4) is 0 Å². The summed E-state index contributed by atoms with van der Waals surface area (Å²) in [6.45, 7) is 10.5. The molecule has 1 aliphatic heterocycles. The van der Waals surface area contributed by atoms with Gasteiger partial charge in [0.05, 0.1) is 5.56 Å². The second-order valence-electron chi connectivity index (χ2n) is 6.66. The Morgan fingerprint density at radius 1 is 1.20 bits per heavy atom. The SMILES string of the molecule is C=C(C)COc1ccc2c(c1)O/C(=C\c1ccc(C(C)C)cc1)C2=O. The third-order valence-corrected chi connectivity index (χ3v) is 4.03. The first-order chi connectivity index (χ1) is 11.9. The van der Waals surface area contributed by atoms with Crippen molar-refractivity contribution in [2.75, 3.05) is 6.61 Å². The van der Waals surface area contributed by atoms with E-state index < -0.39 is 0 Å². The number of ether oxygens (including phenoxy) is 2. The highest BCUT2D eigenvalue weighted by Crippen LogP contribution is 2.35. The molecule has 2 aromatic carbocycles. The summed E-state index contributed by atoms with van der Waals surface area (Å²) in [5, 5.41) is 0. The number of fused-ring (bicyclic) bond motifs is 1. The molecule has 0 saturated carbocycles. The van der Waals surface area contributed by atoms with Crippen molar-refractivity contribution in [2.24, 2.45) is 0 Å². The van der Waals surface area contributed by atoms with E-state index in [0.29, 0.717) is 35.3 Å². The third-order valence-electron chi connectivity index (χ3n) is 4.03. The van der Waals surface area contributed by atoms with Crippen molar-refractivity contribution < 1.29 is 14.3 Å². The van der Waals surface area contributed by atoms with Crippen molar-refractivity contribution in [3.8, 4) is 11.5 Å². The monoisotopic (exact) mass is 334 g/mol. The zero-order valence-corrected chi connectivity index (χ0v) is 14.8. The summed E-state index contributed by atoms with van der Waals surface area (Å²) < 4.78 is 11.4. The van der Waals surface area contributed by atoms with Crippen LogP contribution in [0.2, 0.25) is 0 Å². The fraction of sp³-hybridized carbons (Fsp3) is 0.227. The van der Waals surface area contributed by atoms with Gasteiger partial charge in [-0.2, -0.15) is 0 Å². The second-order valence-corrected chi connectivity index (χ2v) is 6.66. The predicted octanol–water partition coefficient (Wildman–Crippen LogP) is 5.38. The van der Waals surface area contributed by atoms with Crippen LogP contribution in [0, 0.1) is 0 Å². The molecule has 0 spiro atoms. The first-order valence-electron chi connectivity index (χ1n) is 8.39. The maximum absolute atomic E-state index is 12.5. The van der Waals surface area contributed by atoms with Crippen LogP contribution in [0.4, 0.5) is 0 Å². The summed E-state index contributed by atoms with van der Waals surface area (Å²) in [5.41, 5.74) is 3.71. The summed E-state index contributed by atoms with van der Waals surface area (Å²) in [4.78, 5) is 12.5. The van der Waals surface area contributed by atoms with E-state index in [1.54, 1.807) is 24.3 Å². The van der Waals surface area contributed by atoms with E-state index >= 15 is 0 Å². The Labute approximate surface area is 148 Å². The van der Waals surface area contributed by atoms with Crippen LogP contribution in [0.25, 0.3) is 6.08 Å². The number of hydrogen-bond acceptors (Lipinski definition) is 3. The molecule has 2 aromatic rings. The molecule has 0 N–H and O–H groups in total. The van der Waals surface area contributed by atoms with Crippen molar-refractivity contribution in [2.45, 2.75) is 26.7 Å². The van der Waals surface area contributed by atoms with Gasteiger partial charge in [-0.05, 0) is 47.8 Å². The van der Waals surface area contributed by atoms with Gasteiger partial charge in [0.2, 0.25) is 5.78 Å². The molecule has 1 heterocycles. The van der Waals surface area contributed by atoms with Crippen molar-refractivity contribution in [1.82, 2.24) is 0 Å². The van der Waals surface area contributed by atoms with E-state index in [2.05, 4.69) is 32.6 Å². The lowest BCUT2D eigenvalue weighted by molar-refractivity contribution is 0.101. The first kappa shape index (κ1) is 17.0. The van der Waals surface area contributed by atoms with Crippen LogP contribution in [0.15, 0.2) is 60.4 Å². The molecule has 3 rings (SSSR count). The maximum atomic E-state index is 12.5. The van der Waals surface area contributed by atoms with Crippen LogP contribution in [0.1, 0.15) is 48.2 Å². The van der Waals surface area contributed by atoms with Crippen LogP contribution in [0.5, 0.6) is 11.5 Å². The lowest BCUT2D eigenvalue weighted by Crippen LogP contribution is -1.98. The topological polar surface area (TPSA) is 35.5 Å². The molecule has 0 radical (unpaired) electrons. The van der Waals surface area contributed by atoms with Crippen LogP contribution in [-0.2, 0) is 0 Å². The van der Waals surface area contributed by atoms with Crippen LogP contribution in [-0.4, -0.2) is 12.4 Å². The molecule has 0 aromatic heterocycles. The van der Waals surface area contributed by atoms with E-state index in [-0.39, 0.29) is 5.78 Å². The van der Waals surface area contributed by atoms with Crippen molar-refractivity contribution in [3.63, 3.8) is 0 Å². The molecule has 3 nitrogen and oxygen atoms in total. The highest BCUT2D eigenvalue weighted by Gasteiger charge is 2.27. The highest BCUT2D eigenvalue weighted by atomic mass is 16.5. The van der Waals surface area contributed by atoms with Gasteiger partial charge in [0.1, 0.15) is 18.1 Å². The van der Waals surface area contributed by atoms with Gasteiger partial charge in [0.25, 0.3) is 0 Å². The Morgan fingerprint density at radius 3 is 2.56 bits per heavy atom. The number of benzene rings is 2. The molecule has 25 heavy (non-hydrogen) atoms. The zero-order chi connectivity index (χ0) is 18.0. The van der Waals surface area contributed by atoms with E-state index in [0.717, 1.165) is 11.1 Å². The number of carbonyl (C=O) groups excluding carboxylic acids is 1. The highest BCUT2D eigenvalue weighted by molar-refractivity contribution is 6.14. The molecule has 0 saturated heterocycles. The molecular formula is C22H22O3. The number of allylic oxidation sites excluding steroid dienone is 1. The van der Waals surface area contributed by atoms with E-state index in [1.807, 2.05) is 19.1 Å². The number of hydrogen-bond donors (Lipinski definition) is 0. The zero-order valence-electron chi connectivity index (χ0n) is 14.8. The van der Waals surface area contributed by atoms with Crippen molar-refractivity contribution in [1.29, 1.82) is 0 Å². The lowest BCUT2D eigenvalue weighted by Gasteiger charge is -2.06. The molecule has 128 valence electrons.